The number of benzene rings is 1. The number of carbonyl (C=O) groups excluding carboxylic acids is 2. The second-order valence-corrected chi connectivity index (χ2v) is 3.92. The number of nitrogens with two attached hydrogens (primary N) is 1. The van der Waals surface area contributed by atoms with Gasteiger partial charge in [0.05, 0.1) is 0 Å². The highest BCUT2D eigenvalue weighted by Crippen LogP contribution is 2.12. The topological polar surface area (TPSA) is 75.4 Å². The minimum Gasteiger partial charge on any atom is -0.399 e. The number of hydrogen-bond donors (Lipinski definition) is 2. The lowest BCUT2D eigenvalue weighted by Gasteiger charge is -2.17. The van der Waals surface area contributed by atoms with Crippen LogP contribution in [0.2, 0.25) is 0 Å². The van der Waals surface area contributed by atoms with E-state index in [1.54, 1.807) is 7.05 Å². The van der Waals surface area contributed by atoms with Gasteiger partial charge in [-0.05, 0) is 18.2 Å². The van der Waals surface area contributed by atoms with Gasteiger partial charge in [-0.3, -0.25) is 9.59 Å². The fourth-order valence-electron chi connectivity index (χ4n) is 1.45. The largest absolute Gasteiger partial charge is 0.399 e. The lowest BCUT2D eigenvalue weighted by Crippen LogP contribution is -2.31. The third kappa shape index (κ3) is 3.73. The van der Waals surface area contributed by atoms with Crippen LogP contribution >= 0.6 is 0 Å². The first-order valence-corrected chi connectivity index (χ1v) is 5.46. The molecule has 1 rings (SSSR count). The van der Waals surface area contributed by atoms with Gasteiger partial charge in [0, 0.05) is 38.3 Å². The van der Waals surface area contributed by atoms with Crippen molar-refractivity contribution in [3.05, 3.63) is 29.6 Å². The Morgan fingerprint density at radius 3 is 2.61 bits per heavy atom. The molecule has 2 amide bonds. The van der Waals surface area contributed by atoms with Gasteiger partial charge in [0.15, 0.2) is 0 Å². The summed E-state index contributed by atoms with van der Waals surface area (Å²) in [7, 11) is 3.07. The quantitative estimate of drug-likeness (QED) is 0.772. The van der Waals surface area contributed by atoms with E-state index in [2.05, 4.69) is 5.32 Å². The van der Waals surface area contributed by atoms with Crippen molar-refractivity contribution in [2.45, 2.75) is 6.42 Å². The molecule has 0 saturated heterocycles. The van der Waals surface area contributed by atoms with Crippen LogP contribution in [-0.2, 0) is 4.79 Å². The smallest absolute Gasteiger partial charge is 0.253 e. The monoisotopic (exact) mass is 253 g/mol. The summed E-state index contributed by atoms with van der Waals surface area (Å²) in [4.78, 5) is 24.3. The number of nitrogens with zero attached hydrogens (tertiary/aromatic N) is 1. The van der Waals surface area contributed by atoms with Crippen molar-refractivity contribution in [3.63, 3.8) is 0 Å². The summed E-state index contributed by atoms with van der Waals surface area (Å²) in [6.07, 6.45) is 0.198. The van der Waals surface area contributed by atoms with Crippen molar-refractivity contribution in [2.24, 2.45) is 0 Å². The van der Waals surface area contributed by atoms with Crippen molar-refractivity contribution in [1.29, 1.82) is 0 Å². The van der Waals surface area contributed by atoms with Crippen LogP contribution in [0, 0.1) is 5.82 Å². The summed E-state index contributed by atoms with van der Waals surface area (Å²) in [5, 5.41) is 2.46. The average Bonchev–Trinajstić information content (AvgIpc) is 2.33. The van der Waals surface area contributed by atoms with E-state index in [0.29, 0.717) is 0 Å². The molecule has 0 fully saturated rings. The number of rotatable bonds is 4. The molecule has 0 aliphatic rings. The summed E-state index contributed by atoms with van der Waals surface area (Å²) in [6.45, 7) is 0.259. The molecule has 0 radical (unpaired) electrons. The number of carbonyl (C=O) groups is 2. The lowest BCUT2D eigenvalue weighted by atomic mass is 10.1. The van der Waals surface area contributed by atoms with E-state index in [0.717, 1.165) is 12.1 Å². The molecular formula is C12H16FN3O2. The lowest BCUT2D eigenvalue weighted by molar-refractivity contribution is -0.120. The summed E-state index contributed by atoms with van der Waals surface area (Å²) in [5.41, 5.74) is 5.83. The fraction of sp³-hybridized carbons (Fsp3) is 0.333. The number of anilines is 1. The van der Waals surface area contributed by atoms with Gasteiger partial charge < -0.3 is 16.0 Å². The van der Waals surface area contributed by atoms with Gasteiger partial charge in [-0.15, -0.1) is 0 Å². The zero-order chi connectivity index (χ0) is 13.7. The van der Waals surface area contributed by atoms with Crippen LogP contribution in [0.3, 0.4) is 0 Å². The van der Waals surface area contributed by atoms with Crippen molar-refractivity contribution >= 4 is 17.5 Å². The van der Waals surface area contributed by atoms with Gasteiger partial charge >= 0.3 is 0 Å². The molecule has 0 saturated carbocycles. The summed E-state index contributed by atoms with van der Waals surface area (Å²) >= 11 is 0. The molecule has 98 valence electrons. The second kappa shape index (κ2) is 6.00. The van der Waals surface area contributed by atoms with Crippen LogP contribution in [0.5, 0.6) is 0 Å². The Balaban J connectivity index is 2.71. The van der Waals surface area contributed by atoms with Crippen molar-refractivity contribution < 1.29 is 14.0 Å². The van der Waals surface area contributed by atoms with Gasteiger partial charge in [0.2, 0.25) is 5.91 Å². The Hall–Kier alpha value is -2.11. The van der Waals surface area contributed by atoms with Gasteiger partial charge in [-0.1, -0.05) is 0 Å². The van der Waals surface area contributed by atoms with Crippen LogP contribution in [0.1, 0.15) is 16.8 Å². The molecule has 1 aromatic rings. The predicted molar refractivity (Wildman–Crippen MR) is 66.5 cm³/mol. The highest BCUT2D eigenvalue weighted by Gasteiger charge is 2.14. The maximum atomic E-state index is 13.1. The highest BCUT2D eigenvalue weighted by molar-refractivity contribution is 5.95. The Bertz CT molecular complexity index is 442. The molecule has 18 heavy (non-hydrogen) atoms. The highest BCUT2D eigenvalue weighted by atomic mass is 19.1. The molecule has 0 aromatic heterocycles. The zero-order valence-corrected chi connectivity index (χ0v) is 10.4. The first kappa shape index (κ1) is 14.0. The third-order valence-corrected chi connectivity index (χ3v) is 2.47. The number of nitrogen functional groups attached to an aromatic ring is 1. The van der Waals surface area contributed by atoms with Crippen molar-refractivity contribution in [2.75, 3.05) is 26.4 Å². The van der Waals surface area contributed by atoms with Gasteiger partial charge in [0.1, 0.15) is 5.82 Å². The molecule has 0 atom stereocenters. The van der Waals surface area contributed by atoms with Crippen LogP contribution in [0.15, 0.2) is 18.2 Å². The van der Waals surface area contributed by atoms with E-state index >= 15 is 0 Å². The van der Waals surface area contributed by atoms with Gasteiger partial charge in [0.25, 0.3) is 5.91 Å². The van der Waals surface area contributed by atoms with Crippen LogP contribution in [0.4, 0.5) is 10.1 Å². The number of amides is 2. The average molecular weight is 253 g/mol. The SMILES string of the molecule is CNC(=O)CCN(C)C(=O)c1cc(N)cc(F)c1. The number of nitrogens with one attached hydrogen (secondary N) is 1. The minimum absolute atomic E-state index is 0.159. The molecule has 0 unspecified atom stereocenters. The van der Waals surface area contributed by atoms with Gasteiger partial charge in [-0.2, -0.15) is 0 Å². The standard InChI is InChI=1S/C12H16FN3O2/c1-15-11(17)3-4-16(2)12(18)8-5-9(13)7-10(14)6-8/h5-7H,3-4,14H2,1-2H3,(H,15,17). The van der Waals surface area contributed by atoms with Crippen LogP contribution in [-0.4, -0.2) is 37.4 Å². The minimum atomic E-state index is -0.557. The molecule has 0 aliphatic heterocycles. The Labute approximate surface area is 105 Å². The maximum Gasteiger partial charge on any atom is 0.253 e. The Morgan fingerprint density at radius 2 is 2.06 bits per heavy atom. The molecule has 6 heteroatoms. The van der Waals surface area contributed by atoms with E-state index in [9.17, 15) is 14.0 Å². The van der Waals surface area contributed by atoms with E-state index in [1.807, 2.05) is 0 Å². The first-order chi connectivity index (χ1) is 8.43. The molecule has 0 bridgehead atoms. The number of hydrogen-bond acceptors (Lipinski definition) is 3. The molecule has 3 N–H and O–H groups in total. The summed E-state index contributed by atoms with van der Waals surface area (Å²) in [6, 6.07) is 3.66. The Morgan fingerprint density at radius 1 is 1.39 bits per heavy atom. The molecular weight excluding hydrogens is 237 g/mol. The third-order valence-electron chi connectivity index (χ3n) is 2.47. The molecule has 1 aromatic carbocycles. The van der Waals surface area contributed by atoms with E-state index in [4.69, 9.17) is 5.73 Å². The normalized spacial score (nSPS) is 9.94. The van der Waals surface area contributed by atoms with Crippen molar-refractivity contribution in [3.8, 4) is 0 Å². The van der Waals surface area contributed by atoms with E-state index in [-0.39, 0.29) is 36.0 Å². The number of halogens is 1. The summed E-state index contributed by atoms with van der Waals surface area (Å²) in [5.74, 6) is -1.09. The van der Waals surface area contributed by atoms with Crippen LogP contribution < -0.4 is 11.1 Å². The Kier molecular flexibility index (Phi) is 4.65. The van der Waals surface area contributed by atoms with Crippen LogP contribution in [0.25, 0.3) is 0 Å². The molecule has 5 nitrogen and oxygen atoms in total. The second-order valence-electron chi connectivity index (χ2n) is 3.92. The molecule has 0 aliphatic carbocycles. The maximum absolute atomic E-state index is 13.1. The fourth-order valence-corrected chi connectivity index (χ4v) is 1.45. The zero-order valence-electron chi connectivity index (χ0n) is 10.4. The molecule has 0 spiro atoms. The summed E-state index contributed by atoms with van der Waals surface area (Å²) < 4.78 is 13.1. The van der Waals surface area contributed by atoms with E-state index in [1.165, 1.54) is 18.0 Å². The van der Waals surface area contributed by atoms with Crippen molar-refractivity contribution in [1.82, 2.24) is 10.2 Å². The molecule has 0 heterocycles. The van der Waals surface area contributed by atoms with Gasteiger partial charge in [-0.25, -0.2) is 4.39 Å². The van der Waals surface area contributed by atoms with E-state index < -0.39 is 5.82 Å². The predicted octanol–water partition coefficient (Wildman–Crippen LogP) is 0.616. The first-order valence-electron chi connectivity index (χ1n) is 5.46.